The first-order valence-electron chi connectivity index (χ1n) is 3.46. The molecular weight excluding hydrogens is 176 g/mol. The highest BCUT2D eigenvalue weighted by atomic mass is 35.5. The summed E-state index contributed by atoms with van der Waals surface area (Å²) >= 11 is 5.61. The van der Waals surface area contributed by atoms with E-state index < -0.39 is 6.03 Å². The van der Waals surface area contributed by atoms with Gasteiger partial charge in [0.15, 0.2) is 0 Å². The lowest BCUT2D eigenvalue weighted by Gasteiger charge is -1.89. The summed E-state index contributed by atoms with van der Waals surface area (Å²) in [6, 6.07) is 4.93. The van der Waals surface area contributed by atoms with Crippen LogP contribution in [0.15, 0.2) is 28.2 Å². The SMILES string of the molecule is O=C1N=c2ccc(CCl)cc2=N1. The number of rotatable bonds is 1. The Morgan fingerprint density at radius 1 is 1.25 bits per heavy atom. The molecule has 0 spiro atoms. The molecule has 0 saturated carbocycles. The quantitative estimate of drug-likeness (QED) is 0.590. The van der Waals surface area contributed by atoms with E-state index in [1.807, 2.05) is 6.07 Å². The van der Waals surface area contributed by atoms with Gasteiger partial charge >= 0.3 is 6.03 Å². The van der Waals surface area contributed by atoms with Gasteiger partial charge in [-0.05, 0) is 17.7 Å². The van der Waals surface area contributed by atoms with Crippen molar-refractivity contribution in [1.82, 2.24) is 0 Å². The molecule has 0 N–H and O–H groups in total. The highest BCUT2D eigenvalue weighted by Crippen LogP contribution is 1.97. The maximum absolute atomic E-state index is 10.7. The van der Waals surface area contributed by atoms with E-state index in [1.165, 1.54) is 0 Å². The smallest absolute Gasteiger partial charge is 0.244 e. The Kier molecular flexibility index (Phi) is 1.66. The standard InChI is InChI=1S/C8H5ClN2O/c9-4-5-1-2-6-7(3-5)11-8(12)10-6/h1-3H,4H2. The van der Waals surface area contributed by atoms with E-state index in [0.717, 1.165) is 5.56 Å². The lowest BCUT2D eigenvalue weighted by molar-refractivity contribution is 0.256. The molecule has 0 radical (unpaired) electrons. The molecule has 1 heterocycles. The molecular formula is C8H5ClN2O. The number of hydrogen-bond donors (Lipinski definition) is 0. The van der Waals surface area contributed by atoms with Crippen LogP contribution in [0.1, 0.15) is 5.56 Å². The van der Waals surface area contributed by atoms with Gasteiger partial charge in [-0.3, -0.25) is 0 Å². The maximum Gasteiger partial charge on any atom is 0.368 e. The third-order valence-electron chi connectivity index (χ3n) is 1.63. The van der Waals surface area contributed by atoms with Gasteiger partial charge in [0.05, 0.1) is 10.7 Å². The Morgan fingerprint density at radius 2 is 2.00 bits per heavy atom. The van der Waals surface area contributed by atoms with Crippen LogP contribution in [0.3, 0.4) is 0 Å². The van der Waals surface area contributed by atoms with Crippen molar-refractivity contribution in [2.45, 2.75) is 5.88 Å². The number of alkyl halides is 1. The van der Waals surface area contributed by atoms with Crippen LogP contribution in [0, 0.1) is 0 Å². The van der Waals surface area contributed by atoms with Crippen molar-refractivity contribution < 1.29 is 4.79 Å². The number of fused-ring (bicyclic) bond motifs is 1. The van der Waals surface area contributed by atoms with Crippen molar-refractivity contribution in [2.24, 2.45) is 9.98 Å². The lowest BCUT2D eigenvalue weighted by Crippen LogP contribution is -2.21. The van der Waals surface area contributed by atoms with Gasteiger partial charge in [0, 0.05) is 5.88 Å². The number of hydrogen-bond acceptors (Lipinski definition) is 1. The van der Waals surface area contributed by atoms with E-state index in [9.17, 15) is 4.79 Å². The van der Waals surface area contributed by atoms with Crippen LogP contribution < -0.4 is 10.7 Å². The summed E-state index contributed by atoms with van der Waals surface area (Å²) in [4.78, 5) is 18.1. The molecule has 4 heteroatoms. The van der Waals surface area contributed by atoms with E-state index in [-0.39, 0.29) is 0 Å². The molecule has 0 bridgehead atoms. The summed E-state index contributed by atoms with van der Waals surface area (Å²) in [5, 5.41) is 1.26. The molecule has 0 atom stereocenters. The van der Waals surface area contributed by atoms with Gasteiger partial charge in [0.2, 0.25) is 0 Å². The number of halogens is 1. The van der Waals surface area contributed by atoms with Crippen molar-refractivity contribution in [1.29, 1.82) is 0 Å². The van der Waals surface area contributed by atoms with Gasteiger partial charge in [-0.1, -0.05) is 6.07 Å². The largest absolute Gasteiger partial charge is 0.368 e. The third kappa shape index (κ3) is 1.12. The topological polar surface area (TPSA) is 41.8 Å². The van der Waals surface area contributed by atoms with Gasteiger partial charge in [0.1, 0.15) is 0 Å². The number of carbonyl (C=O) groups is 1. The lowest BCUT2D eigenvalue weighted by atomic mass is 10.2. The number of carbonyl (C=O) groups excluding carboxylic acids is 1. The third-order valence-corrected chi connectivity index (χ3v) is 1.93. The van der Waals surface area contributed by atoms with Crippen molar-refractivity contribution in [2.75, 3.05) is 0 Å². The van der Waals surface area contributed by atoms with Gasteiger partial charge in [0.25, 0.3) is 0 Å². The minimum absolute atomic E-state index is 0.428. The van der Waals surface area contributed by atoms with Gasteiger partial charge in [-0.2, -0.15) is 9.98 Å². The summed E-state index contributed by atoms with van der Waals surface area (Å²) in [6.07, 6.45) is 0. The van der Waals surface area contributed by atoms with Gasteiger partial charge in [-0.25, -0.2) is 4.79 Å². The number of amides is 2. The molecule has 60 valence electrons. The van der Waals surface area contributed by atoms with Crippen LogP contribution in [-0.4, -0.2) is 6.03 Å². The van der Waals surface area contributed by atoms with Crippen molar-refractivity contribution in [3.05, 3.63) is 34.5 Å². The summed E-state index contributed by atoms with van der Waals surface area (Å²) in [5.41, 5.74) is 0.948. The van der Waals surface area contributed by atoms with Gasteiger partial charge < -0.3 is 0 Å². The van der Waals surface area contributed by atoms with Crippen molar-refractivity contribution in [3.8, 4) is 0 Å². The fourth-order valence-corrected chi connectivity index (χ4v) is 1.23. The highest BCUT2D eigenvalue weighted by Gasteiger charge is 2.04. The zero-order valence-corrected chi connectivity index (χ0v) is 6.88. The minimum atomic E-state index is -0.434. The van der Waals surface area contributed by atoms with E-state index >= 15 is 0 Å². The Bertz CT molecular complexity index is 453. The highest BCUT2D eigenvalue weighted by molar-refractivity contribution is 6.17. The number of nitrogens with zero attached hydrogens (tertiary/aromatic N) is 2. The van der Waals surface area contributed by atoms with Gasteiger partial charge in [-0.15, -0.1) is 11.6 Å². The van der Waals surface area contributed by atoms with Crippen LogP contribution in [0.4, 0.5) is 4.79 Å². The van der Waals surface area contributed by atoms with Crippen LogP contribution in [-0.2, 0) is 5.88 Å². The molecule has 0 fully saturated rings. The molecule has 3 nitrogen and oxygen atoms in total. The molecule has 1 aliphatic rings. The monoisotopic (exact) mass is 180 g/mol. The Labute approximate surface area is 73.4 Å². The molecule has 1 aromatic rings. The van der Waals surface area contributed by atoms with E-state index in [1.54, 1.807) is 12.1 Å². The Morgan fingerprint density at radius 3 is 2.75 bits per heavy atom. The number of benzene rings is 1. The molecule has 2 amide bonds. The van der Waals surface area contributed by atoms with E-state index in [2.05, 4.69) is 9.98 Å². The Hall–Kier alpha value is -1.22. The molecule has 0 saturated heterocycles. The normalized spacial score (nSPS) is 13.6. The van der Waals surface area contributed by atoms with Crippen LogP contribution in [0.25, 0.3) is 0 Å². The molecule has 0 aromatic heterocycles. The molecule has 1 aromatic carbocycles. The van der Waals surface area contributed by atoms with E-state index in [0.29, 0.717) is 16.6 Å². The fourth-order valence-electron chi connectivity index (χ4n) is 1.07. The average molecular weight is 181 g/mol. The summed E-state index contributed by atoms with van der Waals surface area (Å²) < 4.78 is 0. The summed E-state index contributed by atoms with van der Waals surface area (Å²) in [5.74, 6) is 0.428. The van der Waals surface area contributed by atoms with Crippen molar-refractivity contribution in [3.63, 3.8) is 0 Å². The zero-order chi connectivity index (χ0) is 8.55. The molecule has 0 unspecified atom stereocenters. The van der Waals surface area contributed by atoms with Crippen molar-refractivity contribution >= 4 is 17.6 Å². The first-order chi connectivity index (χ1) is 5.79. The first-order valence-corrected chi connectivity index (χ1v) is 3.99. The van der Waals surface area contributed by atoms with Crippen LogP contribution in [0.2, 0.25) is 0 Å². The second-order valence-electron chi connectivity index (χ2n) is 2.46. The summed E-state index contributed by atoms with van der Waals surface area (Å²) in [7, 11) is 0. The van der Waals surface area contributed by atoms with Crippen LogP contribution >= 0.6 is 11.6 Å². The average Bonchev–Trinajstić information content (AvgIpc) is 2.43. The second kappa shape index (κ2) is 2.68. The second-order valence-corrected chi connectivity index (χ2v) is 2.73. The molecule has 12 heavy (non-hydrogen) atoms. The predicted molar refractivity (Wildman–Crippen MR) is 43.7 cm³/mol. The molecule has 2 rings (SSSR count). The first kappa shape index (κ1) is 7.43. The predicted octanol–water partition coefficient (Wildman–Crippen LogP) is 0.798. The molecule has 1 aliphatic heterocycles. The number of urea groups is 1. The van der Waals surface area contributed by atoms with Crippen LogP contribution in [0.5, 0.6) is 0 Å². The minimum Gasteiger partial charge on any atom is -0.244 e. The zero-order valence-electron chi connectivity index (χ0n) is 6.12. The maximum atomic E-state index is 10.7. The fraction of sp³-hybridized carbons (Fsp3) is 0.125. The Balaban J connectivity index is 2.72. The molecule has 0 aliphatic carbocycles. The van der Waals surface area contributed by atoms with E-state index in [4.69, 9.17) is 11.6 Å². The summed E-state index contributed by atoms with van der Waals surface area (Å²) in [6.45, 7) is 0.